The highest BCUT2D eigenvalue weighted by Gasteiger charge is 2.18. The van der Waals surface area contributed by atoms with E-state index in [0.29, 0.717) is 0 Å². The Morgan fingerprint density at radius 1 is 1.00 bits per heavy atom. The molecule has 0 saturated carbocycles. The summed E-state index contributed by atoms with van der Waals surface area (Å²) in [5.41, 5.74) is 4.91. The number of hydrogen-bond donors (Lipinski definition) is 2. The van der Waals surface area contributed by atoms with E-state index in [4.69, 9.17) is 9.97 Å². The van der Waals surface area contributed by atoms with Gasteiger partial charge in [0, 0.05) is 49.8 Å². The summed E-state index contributed by atoms with van der Waals surface area (Å²) in [6.45, 7) is 10.3. The fraction of sp³-hybridized carbons (Fsp3) is 0.409. The van der Waals surface area contributed by atoms with Crippen molar-refractivity contribution in [1.29, 1.82) is 0 Å². The van der Waals surface area contributed by atoms with Crippen molar-refractivity contribution in [3.05, 3.63) is 52.7 Å². The van der Waals surface area contributed by atoms with E-state index >= 15 is 0 Å². The van der Waals surface area contributed by atoms with Crippen LogP contribution in [0.25, 0.3) is 0 Å². The average Bonchev–Trinajstić information content (AvgIpc) is 3.13. The molecule has 0 unspecified atom stereocenters. The number of rotatable bonds is 6. The second kappa shape index (κ2) is 9.06. The van der Waals surface area contributed by atoms with E-state index in [0.717, 1.165) is 60.2 Å². The van der Waals surface area contributed by atoms with Crippen molar-refractivity contribution in [2.45, 2.75) is 31.7 Å². The second-order valence-electron chi connectivity index (χ2n) is 7.96. The zero-order chi connectivity index (χ0) is 21.1. The first kappa shape index (κ1) is 20.7. The Morgan fingerprint density at radius 2 is 1.80 bits per heavy atom. The lowest BCUT2D eigenvalue weighted by Gasteiger charge is -2.33. The maximum Gasteiger partial charge on any atom is 0.191 e. The Balaban J connectivity index is 1.58. The number of H-pyrrole nitrogens is 1. The largest absolute Gasteiger partial charge is 0.354 e. The summed E-state index contributed by atoms with van der Waals surface area (Å²) in [5, 5.41) is 11.4. The van der Waals surface area contributed by atoms with Crippen LogP contribution in [-0.2, 0) is 5.75 Å². The minimum absolute atomic E-state index is 0.765. The van der Waals surface area contributed by atoms with E-state index in [2.05, 4.69) is 64.4 Å². The van der Waals surface area contributed by atoms with Crippen molar-refractivity contribution < 1.29 is 0 Å². The van der Waals surface area contributed by atoms with Gasteiger partial charge in [-0.05, 0) is 38.9 Å². The maximum atomic E-state index is 4.89. The van der Waals surface area contributed by atoms with Crippen LogP contribution in [0.1, 0.15) is 22.4 Å². The summed E-state index contributed by atoms with van der Waals surface area (Å²) in [5.74, 6) is 3.35. The number of hydrogen-bond acceptors (Lipinski definition) is 7. The lowest BCUT2D eigenvalue weighted by Crippen LogP contribution is -2.44. The number of piperazine rings is 1. The lowest BCUT2D eigenvalue weighted by molar-refractivity contribution is 0.312. The van der Waals surface area contributed by atoms with Gasteiger partial charge in [0.25, 0.3) is 0 Å². The molecule has 158 valence electrons. The zero-order valence-electron chi connectivity index (χ0n) is 18.1. The molecule has 0 aliphatic carbocycles. The number of nitrogens with one attached hydrogen (secondary N) is 2. The van der Waals surface area contributed by atoms with Crippen LogP contribution >= 0.6 is 11.8 Å². The topological polar surface area (TPSA) is 73.0 Å². The van der Waals surface area contributed by atoms with Gasteiger partial charge in [-0.3, -0.25) is 5.10 Å². The van der Waals surface area contributed by atoms with E-state index in [-0.39, 0.29) is 0 Å². The number of nitrogens with zero attached hydrogens (tertiary/aromatic N) is 5. The number of anilines is 3. The van der Waals surface area contributed by atoms with Crippen molar-refractivity contribution in [1.82, 2.24) is 25.1 Å². The molecule has 3 heterocycles. The van der Waals surface area contributed by atoms with Crippen molar-refractivity contribution in [2.75, 3.05) is 43.4 Å². The molecule has 1 aromatic carbocycles. The van der Waals surface area contributed by atoms with Crippen molar-refractivity contribution in [3.63, 3.8) is 0 Å². The van der Waals surface area contributed by atoms with Gasteiger partial charge in [0.2, 0.25) is 0 Å². The fourth-order valence-corrected chi connectivity index (χ4v) is 4.37. The Hall–Kier alpha value is -2.58. The normalized spacial score (nSPS) is 14.9. The third-order valence-electron chi connectivity index (χ3n) is 5.34. The number of aromatic nitrogens is 4. The molecule has 0 spiro atoms. The fourth-order valence-electron chi connectivity index (χ4n) is 3.45. The molecule has 1 aliphatic rings. The summed E-state index contributed by atoms with van der Waals surface area (Å²) in [6, 6.07) is 10.6. The van der Waals surface area contributed by atoms with Crippen LogP contribution in [0.4, 0.5) is 17.5 Å². The van der Waals surface area contributed by atoms with Gasteiger partial charge in [-0.25, -0.2) is 9.97 Å². The smallest absolute Gasteiger partial charge is 0.191 e. The molecule has 0 atom stereocenters. The molecule has 0 radical (unpaired) electrons. The van der Waals surface area contributed by atoms with Gasteiger partial charge in [0.1, 0.15) is 11.6 Å². The van der Waals surface area contributed by atoms with Crippen LogP contribution in [0.2, 0.25) is 0 Å². The van der Waals surface area contributed by atoms with E-state index in [1.165, 1.54) is 16.7 Å². The summed E-state index contributed by atoms with van der Waals surface area (Å²) in [6.07, 6.45) is 0. The molecule has 0 amide bonds. The third kappa shape index (κ3) is 5.12. The molecule has 1 fully saturated rings. The Morgan fingerprint density at radius 3 is 2.53 bits per heavy atom. The van der Waals surface area contributed by atoms with Crippen LogP contribution in [0.5, 0.6) is 0 Å². The molecule has 8 heteroatoms. The van der Waals surface area contributed by atoms with Gasteiger partial charge < -0.3 is 15.1 Å². The van der Waals surface area contributed by atoms with Gasteiger partial charge in [-0.2, -0.15) is 5.10 Å². The first-order valence-corrected chi connectivity index (χ1v) is 11.3. The summed E-state index contributed by atoms with van der Waals surface area (Å²) < 4.78 is 0. The molecule has 2 aromatic heterocycles. The molecule has 0 bridgehead atoms. The van der Waals surface area contributed by atoms with Crippen molar-refractivity contribution in [3.8, 4) is 0 Å². The van der Waals surface area contributed by atoms with E-state index in [1.807, 2.05) is 19.1 Å². The number of aryl methyl sites for hydroxylation is 3. The van der Waals surface area contributed by atoms with E-state index in [9.17, 15) is 0 Å². The average molecular weight is 424 g/mol. The van der Waals surface area contributed by atoms with Crippen molar-refractivity contribution in [2.24, 2.45) is 0 Å². The third-order valence-corrected chi connectivity index (χ3v) is 6.24. The zero-order valence-corrected chi connectivity index (χ0v) is 18.9. The first-order chi connectivity index (χ1) is 14.5. The molecule has 30 heavy (non-hydrogen) atoms. The van der Waals surface area contributed by atoms with Crippen LogP contribution in [0, 0.1) is 20.8 Å². The highest BCUT2D eigenvalue weighted by atomic mass is 32.2. The van der Waals surface area contributed by atoms with Gasteiger partial charge in [-0.15, -0.1) is 0 Å². The Labute approximate surface area is 182 Å². The van der Waals surface area contributed by atoms with E-state index < -0.39 is 0 Å². The Bertz CT molecular complexity index is 1010. The van der Waals surface area contributed by atoms with Crippen LogP contribution in [0.3, 0.4) is 0 Å². The van der Waals surface area contributed by atoms with Gasteiger partial charge in [0.05, 0.1) is 0 Å². The number of likely N-dealkylation sites (N-methyl/N-ethyl adjacent to an activating group) is 1. The molecule has 1 aliphatic heterocycles. The predicted molar refractivity (Wildman–Crippen MR) is 124 cm³/mol. The highest BCUT2D eigenvalue weighted by molar-refractivity contribution is 7.98. The molecule has 7 nitrogen and oxygen atoms in total. The molecular formula is C22H29N7S. The molecular weight excluding hydrogens is 394 g/mol. The molecule has 3 aromatic rings. The number of benzene rings is 1. The number of thioether (sulfide) groups is 1. The monoisotopic (exact) mass is 423 g/mol. The van der Waals surface area contributed by atoms with Crippen LogP contribution < -0.4 is 10.2 Å². The van der Waals surface area contributed by atoms with Crippen LogP contribution in [0.15, 0.2) is 35.5 Å². The lowest BCUT2D eigenvalue weighted by atomic mass is 10.1. The predicted octanol–water partition coefficient (Wildman–Crippen LogP) is 3.91. The summed E-state index contributed by atoms with van der Waals surface area (Å²) >= 11 is 1.68. The van der Waals surface area contributed by atoms with E-state index in [1.54, 1.807) is 11.8 Å². The van der Waals surface area contributed by atoms with Gasteiger partial charge >= 0.3 is 0 Å². The minimum Gasteiger partial charge on any atom is -0.354 e. The quantitative estimate of drug-likeness (QED) is 0.460. The first-order valence-electron chi connectivity index (χ1n) is 10.3. The summed E-state index contributed by atoms with van der Waals surface area (Å²) in [4.78, 5) is 14.3. The highest BCUT2D eigenvalue weighted by Crippen LogP contribution is 2.27. The van der Waals surface area contributed by atoms with Crippen LogP contribution in [-0.4, -0.2) is 58.3 Å². The maximum absolute atomic E-state index is 4.89. The van der Waals surface area contributed by atoms with Gasteiger partial charge in [-0.1, -0.05) is 35.5 Å². The minimum atomic E-state index is 0.765. The van der Waals surface area contributed by atoms with Gasteiger partial charge in [0.15, 0.2) is 11.0 Å². The van der Waals surface area contributed by atoms with Crippen molar-refractivity contribution >= 4 is 29.2 Å². The number of aromatic amines is 1. The summed E-state index contributed by atoms with van der Waals surface area (Å²) in [7, 11) is 2.16. The second-order valence-corrected chi connectivity index (χ2v) is 8.91. The molecule has 1 saturated heterocycles. The molecule has 2 N–H and O–H groups in total. The standard InChI is InChI=1S/C22H29N7S/c1-15-5-6-16(2)18(11-15)14-30-22-24-19(23-20-12-17(3)26-27-20)13-21(25-22)29-9-7-28(4)8-10-29/h5-6,11-13H,7-10,14H2,1-4H3,(H2,23,24,25,26,27). The molecule has 4 rings (SSSR count). The SMILES string of the molecule is Cc1ccc(C)c(CSc2nc(Nc3cc(C)[nH]n3)cc(N3CCN(C)CC3)n2)c1. The Kier molecular flexibility index (Phi) is 6.24.